The van der Waals surface area contributed by atoms with Crippen LogP contribution in [0.15, 0.2) is 0 Å². The monoisotopic (exact) mass is 213 g/mol. The fraction of sp³-hybridized carbons (Fsp3) is 0.455. The molecule has 1 aliphatic heterocycles. The van der Waals surface area contributed by atoms with Crippen molar-refractivity contribution in [2.45, 2.75) is 19.8 Å². The third-order valence-corrected chi connectivity index (χ3v) is 2.66. The molecule has 5 heteroatoms. The fourth-order valence-corrected chi connectivity index (χ4v) is 1.89. The van der Waals surface area contributed by atoms with Crippen molar-refractivity contribution in [3.05, 3.63) is 17.1 Å². The summed E-state index contributed by atoms with van der Waals surface area (Å²) in [6.45, 7) is 3.72. The Morgan fingerprint density at radius 1 is 1.06 bits per heavy atom. The molecule has 0 aromatic carbocycles. The molecule has 0 unspecified atom stereocenters. The van der Waals surface area contributed by atoms with Crippen LogP contribution in [0.3, 0.4) is 0 Å². The average molecular weight is 213 g/mol. The Hall–Kier alpha value is -2.14. The lowest BCUT2D eigenvalue weighted by Crippen LogP contribution is -2.21. The highest BCUT2D eigenvalue weighted by Crippen LogP contribution is 2.21. The molecule has 80 valence electrons. The van der Waals surface area contributed by atoms with Crippen molar-refractivity contribution < 1.29 is 0 Å². The molecule has 0 spiro atoms. The summed E-state index contributed by atoms with van der Waals surface area (Å²) in [6, 6.07) is 3.81. The van der Waals surface area contributed by atoms with E-state index in [2.05, 4.69) is 14.9 Å². The highest BCUT2D eigenvalue weighted by molar-refractivity contribution is 5.49. The van der Waals surface area contributed by atoms with E-state index in [-0.39, 0.29) is 11.4 Å². The highest BCUT2D eigenvalue weighted by Gasteiger charge is 2.19. The number of nitrogens with zero attached hydrogens (tertiary/aromatic N) is 5. The highest BCUT2D eigenvalue weighted by atomic mass is 15.2. The second kappa shape index (κ2) is 4.16. The van der Waals surface area contributed by atoms with Crippen LogP contribution in [0.25, 0.3) is 0 Å². The largest absolute Gasteiger partial charge is 0.355 e. The summed E-state index contributed by atoms with van der Waals surface area (Å²) in [7, 11) is 0. The van der Waals surface area contributed by atoms with Crippen LogP contribution in [0, 0.1) is 29.6 Å². The SMILES string of the molecule is Cc1nc(C#N)c(C#N)nc1N1CCCC1. The lowest BCUT2D eigenvalue weighted by Gasteiger charge is -2.18. The summed E-state index contributed by atoms with van der Waals surface area (Å²) in [4.78, 5) is 10.5. The summed E-state index contributed by atoms with van der Waals surface area (Å²) in [5, 5.41) is 17.7. The van der Waals surface area contributed by atoms with Gasteiger partial charge in [0.05, 0.1) is 5.69 Å². The molecule has 0 saturated carbocycles. The normalized spacial score (nSPS) is 14.6. The van der Waals surface area contributed by atoms with Crippen LogP contribution >= 0.6 is 0 Å². The van der Waals surface area contributed by atoms with E-state index in [1.165, 1.54) is 0 Å². The predicted octanol–water partition coefficient (Wildman–Crippen LogP) is 1.13. The second-order valence-electron chi connectivity index (χ2n) is 3.75. The first-order valence-electron chi connectivity index (χ1n) is 5.20. The molecule has 2 heterocycles. The van der Waals surface area contributed by atoms with Gasteiger partial charge in [-0.25, -0.2) is 9.97 Å². The number of hydrogen-bond donors (Lipinski definition) is 0. The molecule has 0 atom stereocenters. The molecule has 1 aromatic heterocycles. The second-order valence-corrected chi connectivity index (χ2v) is 3.75. The van der Waals surface area contributed by atoms with Crippen molar-refractivity contribution in [1.82, 2.24) is 9.97 Å². The number of anilines is 1. The maximum atomic E-state index is 8.89. The van der Waals surface area contributed by atoms with E-state index in [0.717, 1.165) is 37.4 Å². The molecule has 0 bridgehead atoms. The van der Waals surface area contributed by atoms with Gasteiger partial charge in [-0.15, -0.1) is 0 Å². The summed E-state index contributed by atoms with van der Waals surface area (Å²) in [5.41, 5.74) is 0.954. The van der Waals surface area contributed by atoms with Crippen LogP contribution < -0.4 is 4.90 Å². The van der Waals surface area contributed by atoms with E-state index in [9.17, 15) is 0 Å². The standard InChI is InChI=1S/C11H11N5/c1-8-11(16-4-2-3-5-16)15-10(7-13)9(6-12)14-8/h2-5H2,1H3. The van der Waals surface area contributed by atoms with Crippen molar-refractivity contribution in [3.8, 4) is 12.1 Å². The van der Waals surface area contributed by atoms with E-state index in [1.807, 2.05) is 19.1 Å². The molecular formula is C11H11N5. The predicted molar refractivity (Wildman–Crippen MR) is 57.6 cm³/mol. The quantitative estimate of drug-likeness (QED) is 0.698. The summed E-state index contributed by atoms with van der Waals surface area (Å²) >= 11 is 0. The molecule has 5 nitrogen and oxygen atoms in total. The van der Waals surface area contributed by atoms with Crippen molar-refractivity contribution in [2.75, 3.05) is 18.0 Å². The molecule has 1 saturated heterocycles. The van der Waals surface area contributed by atoms with E-state index in [0.29, 0.717) is 0 Å². The lowest BCUT2D eigenvalue weighted by molar-refractivity contribution is 0.901. The Labute approximate surface area is 94.0 Å². The smallest absolute Gasteiger partial charge is 0.179 e. The first-order chi connectivity index (χ1) is 7.76. The number of aromatic nitrogens is 2. The van der Waals surface area contributed by atoms with Gasteiger partial charge in [-0.1, -0.05) is 0 Å². The molecule has 0 radical (unpaired) electrons. The Bertz CT molecular complexity index is 488. The molecule has 2 rings (SSSR count). The number of rotatable bonds is 1. The van der Waals surface area contributed by atoms with Gasteiger partial charge in [0.25, 0.3) is 0 Å². The van der Waals surface area contributed by atoms with Crippen LogP contribution in [0.1, 0.15) is 29.9 Å². The van der Waals surface area contributed by atoms with Gasteiger partial charge in [0.15, 0.2) is 17.2 Å². The first-order valence-corrected chi connectivity index (χ1v) is 5.20. The third kappa shape index (κ3) is 1.68. The molecule has 1 fully saturated rings. The molecule has 0 N–H and O–H groups in total. The molecular weight excluding hydrogens is 202 g/mol. The van der Waals surface area contributed by atoms with Gasteiger partial charge in [-0.2, -0.15) is 10.5 Å². The average Bonchev–Trinajstić information content (AvgIpc) is 2.82. The molecule has 1 aliphatic rings. The minimum absolute atomic E-state index is 0.114. The van der Waals surface area contributed by atoms with Crippen LogP contribution in [-0.4, -0.2) is 23.1 Å². The summed E-state index contributed by atoms with van der Waals surface area (Å²) in [5.74, 6) is 0.744. The van der Waals surface area contributed by atoms with Gasteiger partial charge in [-0.05, 0) is 19.8 Å². The van der Waals surface area contributed by atoms with Gasteiger partial charge >= 0.3 is 0 Å². The minimum Gasteiger partial charge on any atom is -0.355 e. The van der Waals surface area contributed by atoms with Gasteiger partial charge in [0.2, 0.25) is 0 Å². The maximum Gasteiger partial charge on any atom is 0.179 e. The van der Waals surface area contributed by atoms with Crippen LogP contribution in [0.4, 0.5) is 5.82 Å². The number of nitriles is 2. The molecule has 16 heavy (non-hydrogen) atoms. The summed E-state index contributed by atoms with van der Waals surface area (Å²) < 4.78 is 0. The van der Waals surface area contributed by atoms with E-state index in [4.69, 9.17) is 10.5 Å². The topological polar surface area (TPSA) is 76.6 Å². The maximum absolute atomic E-state index is 8.89. The Balaban J connectivity index is 2.47. The van der Waals surface area contributed by atoms with E-state index >= 15 is 0 Å². The van der Waals surface area contributed by atoms with Gasteiger partial charge < -0.3 is 4.90 Å². The Morgan fingerprint density at radius 2 is 1.62 bits per heavy atom. The number of aryl methyl sites for hydroxylation is 1. The van der Waals surface area contributed by atoms with Crippen molar-refractivity contribution in [2.24, 2.45) is 0 Å². The van der Waals surface area contributed by atoms with Crippen LogP contribution in [0.5, 0.6) is 0 Å². The van der Waals surface area contributed by atoms with Crippen LogP contribution in [0.2, 0.25) is 0 Å². The molecule has 0 amide bonds. The Kier molecular flexibility index (Phi) is 2.70. The fourth-order valence-electron chi connectivity index (χ4n) is 1.89. The molecule has 0 aliphatic carbocycles. The summed E-state index contributed by atoms with van der Waals surface area (Å²) in [6.07, 6.45) is 2.28. The van der Waals surface area contributed by atoms with Gasteiger partial charge in [-0.3, -0.25) is 0 Å². The van der Waals surface area contributed by atoms with Crippen molar-refractivity contribution >= 4 is 5.82 Å². The van der Waals surface area contributed by atoms with Gasteiger partial charge in [0.1, 0.15) is 12.1 Å². The van der Waals surface area contributed by atoms with Gasteiger partial charge in [0, 0.05) is 13.1 Å². The zero-order chi connectivity index (χ0) is 11.5. The first kappa shape index (κ1) is 10.4. The van der Waals surface area contributed by atoms with Crippen LogP contribution in [-0.2, 0) is 0 Å². The number of hydrogen-bond acceptors (Lipinski definition) is 5. The minimum atomic E-state index is 0.114. The zero-order valence-electron chi connectivity index (χ0n) is 9.06. The lowest BCUT2D eigenvalue weighted by atomic mass is 10.3. The molecule has 1 aromatic rings. The van der Waals surface area contributed by atoms with E-state index < -0.39 is 0 Å². The zero-order valence-corrected chi connectivity index (χ0v) is 9.06. The van der Waals surface area contributed by atoms with E-state index in [1.54, 1.807) is 0 Å². The Morgan fingerprint density at radius 3 is 2.19 bits per heavy atom. The van der Waals surface area contributed by atoms with Crippen molar-refractivity contribution in [3.63, 3.8) is 0 Å². The van der Waals surface area contributed by atoms with Crippen molar-refractivity contribution in [1.29, 1.82) is 10.5 Å². The third-order valence-electron chi connectivity index (χ3n) is 2.66.